The van der Waals surface area contributed by atoms with E-state index in [9.17, 15) is 4.79 Å². The molecule has 2 aliphatic rings. The second kappa shape index (κ2) is 8.88. The van der Waals surface area contributed by atoms with Gasteiger partial charge in [0.2, 0.25) is 5.91 Å². The Morgan fingerprint density at radius 2 is 1.82 bits per heavy atom. The fourth-order valence-corrected chi connectivity index (χ4v) is 5.33. The van der Waals surface area contributed by atoms with Gasteiger partial charge in [0.1, 0.15) is 5.69 Å². The van der Waals surface area contributed by atoms with Crippen LogP contribution >= 0.6 is 27.3 Å². The van der Waals surface area contributed by atoms with Crippen LogP contribution < -0.4 is 4.90 Å². The zero-order chi connectivity index (χ0) is 19.5. The van der Waals surface area contributed by atoms with E-state index in [1.165, 1.54) is 0 Å². The molecule has 0 spiro atoms. The van der Waals surface area contributed by atoms with Gasteiger partial charge in [-0.3, -0.25) is 4.79 Å². The summed E-state index contributed by atoms with van der Waals surface area (Å²) in [5.74, 6) is 1.40. The number of rotatable bonds is 4. The highest BCUT2D eigenvalue weighted by Crippen LogP contribution is 2.30. The first-order valence-corrected chi connectivity index (χ1v) is 11.6. The van der Waals surface area contributed by atoms with Crippen molar-refractivity contribution in [2.75, 3.05) is 50.7 Å². The molecule has 0 radical (unpaired) electrons. The molecule has 0 N–H and O–H groups in total. The maximum absolute atomic E-state index is 12.9. The van der Waals surface area contributed by atoms with Crippen LogP contribution in [0, 0.1) is 5.92 Å². The molecular formula is C20H26BrN5OS. The number of piperidine rings is 1. The van der Waals surface area contributed by atoms with Crippen LogP contribution in [0.1, 0.15) is 19.8 Å². The Morgan fingerprint density at radius 1 is 1.07 bits per heavy atom. The first-order valence-electron chi connectivity index (χ1n) is 9.99. The molecule has 2 saturated heterocycles. The quantitative estimate of drug-likeness (QED) is 0.695. The predicted octanol–water partition coefficient (Wildman–Crippen LogP) is 3.35. The number of halogens is 1. The molecule has 2 aromatic heterocycles. The molecule has 0 atom stereocenters. The van der Waals surface area contributed by atoms with Crippen LogP contribution in [0.2, 0.25) is 0 Å². The van der Waals surface area contributed by atoms with Crippen LogP contribution in [0.4, 0.5) is 5.82 Å². The summed E-state index contributed by atoms with van der Waals surface area (Å²) in [7, 11) is 0. The fourth-order valence-electron chi connectivity index (χ4n) is 3.98. The first-order chi connectivity index (χ1) is 13.6. The van der Waals surface area contributed by atoms with Crippen molar-refractivity contribution in [3.05, 3.63) is 28.1 Å². The summed E-state index contributed by atoms with van der Waals surface area (Å²) in [5.41, 5.74) is 0.899. The number of likely N-dealkylation sites (N-methyl/N-ethyl adjacent to an activating group) is 1. The van der Waals surface area contributed by atoms with Gasteiger partial charge in [-0.15, -0.1) is 21.5 Å². The lowest BCUT2D eigenvalue weighted by Crippen LogP contribution is -2.51. The van der Waals surface area contributed by atoms with Gasteiger partial charge in [0.05, 0.1) is 8.66 Å². The van der Waals surface area contributed by atoms with Gasteiger partial charge in [-0.25, -0.2) is 0 Å². The molecule has 0 bridgehead atoms. The minimum Gasteiger partial charge on any atom is -0.355 e. The van der Waals surface area contributed by atoms with E-state index in [-0.39, 0.29) is 5.92 Å². The van der Waals surface area contributed by atoms with E-state index < -0.39 is 0 Å². The number of hydrogen-bond acceptors (Lipinski definition) is 6. The second-order valence-electron chi connectivity index (χ2n) is 7.40. The maximum atomic E-state index is 12.9. The molecule has 2 aliphatic heterocycles. The topological polar surface area (TPSA) is 52.6 Å². The van der Waals surface area contributed by atoms with Crippen molar-refractivity contribution >= 4 is 39.0 Å². The average molecular weight is 464 g/mol. The molecule has 4 rings (SSSR count). The lowest BCUT2D eigenvalue weighted by Gasteiger charge is -2.38. The third-order valence-electron chi connectivity index (χ3n) is 5.78. The van der Waals surface area contributed by atoms with Crippen molar-refractivity contribution in [2.45, 2.75) is 19.8 Å². The molecule has 2 fully saturated rings. The van der Waals surface area contributed by atoms with Gasteiger partial charge in [0.15, 0.2) is 5.82 Å². The summed E-state index contributed by atoms with van der Waals surface area (Å²) in [6, 6.07) is 8.16. The summed E-state index contributed by atoms with van der Waals surface area (Å²) >= 11 is 5.14. The van der Waals surface area contributed by atoms with Gasteiger partial charge in [-0.2, -0.15) is 0 Å². The molecule has 0 aromatic carbocycles. The number of carbonyl (C=O) groups excluding carboxylic acids is 1. The minimum absolute atomic E-state index is 0.153. The zero-order valence-corrected chi connectivity index (χ0v) is 18.6. The molecule has 28 heavy (non-hydrogen) atoms. The minimum atomic E-state index is 0.153. The Kier molecular flexibility index (Phi) is 6.28. The molecule has 4 heterocycles. The molecule has 6 nitrogen and oxygen atoms in total. The predicted molar refractivity (Wildman–Crippen MR) is 117 cm³/mol. The first kappa shape index (κ1) is 19.8. The average Bonchev–Trinajstić information content (AvgIpc) is 3.20. The third kappa shape index (κ3) is 4.39. The highest BCUT2D eigenvalue weighted by atomic mass is 79.9. The van der Waals surface area contributed by atoms with Crippen LogP contribution in [-0.2, 0) is 4.79 Å². The summed E-state index contributed by atoms with van der Waals surface area (Å²) < 4.78 is 1.09. The summed E-state index contributed by atoms with van der Waals surface area (Å²) in [5, 5.41) is 8.83. The van der Waals surface area contributed by atoms with Gasteiger partial charge < -0.3 is 14.7 Å². The number of aromatic nitrogens is 2. The van der Waals surface area contributed by atoms with E-state index in [0.29, 0.717) is 5.91 Å². The number of nitrogens with zero attached hydrogens (tertiary/aromatic N) is 5. The van der Waals surface area contributed by atoms with Crippen LogP contribution in [0.15, 0.2) is 28.1 Å². The van der Waals surface area contributed by atoms with Crippen molar-refractivity contribution in [1.82, 2.24) is 20.0 Å². The Morgan fingerprint density at radius 3 is 2.39 bits per heavy atom. The molecule has 2 aromatic rings. The molecule has 0 aliphatic carbocycles. The summed E-state index contributed by atoms with van der Waals surface area (Å²) in [4.78, 5) is 20.7. The van der Waals surface area contributed by atoms with Crippen molar-refractivity contribution in [3.8, 4) is 10.6 Å². The van der Waals surface area contributed by atoms with Gasteiger partial charge in [-0.1, -0.05) is 6.92 Å². The lowest BCUT2D eigenvalue weighted by atomic mass is 9.95. The Balaban J connectivity index is 1.31. The number of piperazine rings is 1. The van der Waals surface area contributed by atoms with Crippen LogP contribution in [0.5, 0.6) is 0 Å². The van der Waals surface area contributed by atoms with Crippen LogP contribution in [0.3, 0.4) is 0 Å². The number of amides is 1. The van der Waals surface area contributed by atoms with Gasteiger partial charge in [0, 0.05) is 45.2 Å². The van der Waals surface area contributed by atoms with E-state index in [4.69, 9.17) is 0 Å². The van der Waals surface area contributed by atoms with E-state index >= 15 is 0 Å². The second-order valence-corrected chi connectivity index (χ2v) is 9.86. The van der Waals surface area contributed by atoms with Crippen molar-refractivity contribution < 1.29 is 4.79 Å². The smallest absolute Gasteiger partial charge is 0.225 e. The highest BCUT2D eigenvalue weighted by molar-refractivity contribution is 9.11. The van der Waals surface area contributed by atoms with Crippen molar-refractivity contribution in [3.63, 3.8) is 0 Å². The highest BCUT2D eigenvalue weighted by Gasteiger charge is 2.30. The van der Waals surface area contributed by atoms with Gasteiger partial charge in [-0.05, 0) is 59.6 Å². The number of carbonyl (C=O) groups is 1. The Bertz CT molecular complexity index is 795. The van der Waals surface area contributed by atoms with E-state index in [1.54, 1.807) is 11.3 Å². The van der Waals surface area contributed by atoms with Crippen LogP contribution in [-0.4, -0.2) is 71.7 Å². The molecule has 150 valence electrons. The number of thiophene rings is 1. The normalized spacial score (nSPS) is 19.2. The van der Waals surface area contributed by atoms with Crippen molar-refractivity contribution in [1.29, 1.82) is 0 Å². The summed E-state index contributed by atoms with van der Waals surface area (Å²) in [6.07, 6.45) is 1.79. The molecule has 8 heteroatoms. The Labute approximate surface area is 178 Å². The molecule has 0 saturated carbocycles. The SMILES string of the molecule is CCN1CCN(C(=O)C2CCN(c3ccc(-c4ccc(Br)s4)nn3)CC2)CC1. The Hall–Kier alpha value is -1.51. The van der Waals surface area contributed by atoms with Gasteiger partial charge >= 0.3 is 0 Å². The largest absolute Gasteiger partial charge is 0.355 e. The third-order valence-corrected chi connectivity index (χ3v) is 7.42. The fraction of sp³-hybridized carbons (Fsp3) is 0.550. The summed E-state index contributed by atoms with van der Waals surface area (Å²) in [6.45, 7) is 8.74. The lowest BCUT2D eigenvalue weighted by molar-refractivity contribution is -0.137. The molecular weight excluding hydrogens is 438 g/mol. The van der Waals surface area contributed by atoms with Crippen LogP contribution in [0.25, 0.3) is 10.6 Å². The standard InChI is InChI=1S/C20H26BrN5OS/c1-2-24-11-13-26(14-12-24)20(27)15-7-9-25(10-8-15)19-6-3-16(22-23-19)17-4-5-18(21)28-17/h3-6,15H,2,7-14H2,1H3. The molecule has 0 unspecified atom stereocenters. The van der Waals surface area contributed by atoms with E-state index in [2.05, 4.69) is 53.8 Å². The van der Waals surface area contributed by atoms with Crippen molar-refractivity contribution in [2.24, 2.45) is 5.92 Å². The van der Waals surface area contributed by atoms with E-state index in [0.717, 1.165) is 78.8 Å². The maximum Gasteiger partial charge on any atom is 0.225 e. The number of anilines is 1. The molecule has 1 amide bonds. The zero-order valence-electron chi connectivity index (χ0n) is 16.2. The number of hydrogen-bond donors (Lipinski definition) is 0. The van der Waals surface area contributed by atoms with E-state index in [1.807, 2.05) is 18.2 Å². The monoisotopic (exact) mass is 463 g/mol. The van der Waals surface area contributed by atoms with Gasteiger partial charge in [0.25, 0.3) is 0 Å².